The summed E-state index contributed by atoms with van der Waals surface area (Å²) in [5, 5.41) is 2.07. The average Bonchev–Trinajstić information content (AvgIpc) is 2.53. The van der Waals surface area contributed by atoms with E-state index in [0.29, 0.717) is 5.56 Å². The maximum atomic E-state index is 12.9. The maximum absolute atomic E-state index is 12.9. The van der Waals surface area contributed by atoms with Crippen molar-refractivity contribution >= 4 is 21.6 Å². The first-order valence-corrected chi connectivity index (χ1v) is 8.61. The molecule has 0 aromatic heterocycles. The molecule has 0 aliphatic heterocycles. The number of carbonyl (C=O) groups is 1. The molecular weight excluding hydrogens is 357 g/mol. The van der Waals surface area contributed by atoms with Gasteiger partial charge < -0.3 is 5.32 Å². The van der Waals surface area contributed by atoms with Gasteiger partial charge >= 0.3 is 6.18 Å². The lowest BCUT2D eigenvalue weighted by molar-refractivity contribution is -0.137. The van der Waals surface area contributed by atoms with Crippen LogP contribution < -0.4 is 10.0 Å². The normalized spacial score (nSPS) is 12.0. The van der Waals surface area contributed by atoms with Crippen LogP contribution in [0, 0.1) is 6.92 Å². The molecule has 2 aromatic carbocycles. The van der Waals surface area contributed by atoms with Gasteiger partial charge in [-0.3, -0.25) is 4.79 Å². The molecule has 0 spiro atoms. The predicted octanol–water partition coefficient (Wildman–Crippen LogP) is 2.93. The van der Waals surface area contributed by atoms with E-state index >= 15 is 0 Å². The molecular formula is C16H15F3N2O3S. The number of sulfonamides is 1. The molecule has 25 heavy (non-hydrogen) atoms. The number of amides is 1. The number of nitrogens with one attached hydrogen (secondary N) is 2. The summed E-state index contributed by atoms with van der Waals surface area (Å²) in [5.74, 6) is -0.908. The van der Waals surface area contributed by atoms with Crippen LogP contribution in [0.4, 0.5) is 18.9 Å². The summed E-state index contributed by atoms with van der Waals surface area (Å²) in [6.45, 7) is 0.900. The fourth-order valence-corrected chi connectivity index (χ4v) is 3.36. The van der Waals surface area contributed by atoms with Gasteiger partial charge in [-0.1, -0.05) is 30.3 Å². The van der Waals surface area contributed by atoms with E-state index in [1.807, 2.05) is 0 Å². The van der Waals surface area contributed by atoms with Crippen LogP contribution in [0.1, 0.15) is 11.1 Å². The van der Waals surface area contributed by atoms with Gasteiger partial charge in [0.2, 0.25) is 15.9 Å². The van der Waals surface area contributed by atoms with E-state index in [9.17, 15) is 26.4 Å². The van der Waals surface area contributed by atoms with Crippen molar-refractivity contribution in [3.8, 4) is 0 Å². The number of aryl methyl sites for hydroxylation is 1. The standard InChI is InChI=1S/C16H15F3N2O3S/c1-11-6-2-5-9-14(11)25(23,24)20-10-15(22)21-13-8-4-3-7-12(13)16(17,18)19/h2-9,20H,10H2,1H3,(H,21,22). The predicted molar refractivity (Wildman–Crippen MR) is 86.4 cm³/mol. The Morgan fingerprint density at radius 2 is 1.64 bits per heavy atom. The summed E-state index contributed by atoms with van der Waals surface area (Å²) in [4.78, 5) is 11.8. The number of benzene rings is 2. The number of halogens is 3. The van der Waals surface area contributed by atoms with Crippen LogP contribution >= 0.6 is 0 Å². The minimum Gasteiger partial charge on any atom is -0.324 e. The molecule has 0 aliphatic rings. The summed E-state index contributed by atoms with van der Waals surface area (Å²) in [5.41, 5.74) is -0.960. The molecule has 0 unspecified atom stereocenters. The van der Waals surface area contributed by atoms with E-state index in [-0.39, 0.29) is 4.90 Å². The lowest BCUT2D eigenvalue weighted by Gasteiger charge is -2.14. The molecule has 0 heterocycles. The van der Waals surface area contributed by atoms with Crippen molar-refractivity contribution in [3.05, 3.63) is 59.7 Å². The largest absolute Gasteiger partial charge is 0.418 e. The Morgan fingerprint density at radius 3 is 2.28 bits per heavy atom. The maximum Gasteiger partial charge on any atom is 0.418 e. The number of carbonyl (C=O) groups excluding carboxylic acids is 1. The molecule has 2 aromatic rings. The summed E-state index contributed by atoms with van der Waals surface area (Å²) in [6, 6.07) is 10.6. The Kier molecular flexibility index (Phi) is 5.48. The fourth-order valence-electron chi connectivity index (χ4n) is 2.13. The van der Waals surface area contributed by atoms with Gasteiger partial charge in [0.25, 0.3) is 0 Å². The highest BCUT2D eigenvalue weighted by Crippen LogP contribution is 2.34. The molecule has 1 amide bonds. The Bertz CT molecular complexity index is 880. The molecule has 2 N–H and O–H groups in total. The molecule has 0 fully saturated rings. The fraction of sp³-hybridized carbons (Fsp3) is 0.188. The van der Waals surface area contributed by atoms with E-state index < -0.39 is 39.9 Å². The summed E-state index contributed by atoms with van der Waals surface area (Å²) < 4.78 is 65.0. The van der Waals surface area contributed by atoms with E-state index in [0.717, 1.165) is 12.1 Å². The van der Waals surface area contributed by atoms with Crippen LogP contribution in [0.5, 0.6) is 0 Å². The molecule has 2 rings (SSSR count). The van der Waals surface area contributed by atoms with Gasteiger partial charge in [-0.15, -0.1) is 0 Å². The monoisotopic (exact) mass is 372 g/mol. The highest BCUT2D eigenvalue weighted by atomic mass is 32.2. The number of anilines is 1. The molecule has 9 heteroatoms. The van der Waals surface area contributed by atoms with Gasteiger partial charge in [0.15, 0.2) is 0 Å². The number of rotatable bonds is 5. The molecule has 0 atom stereocenters. The van der Waals surface area contributed by atoms with E-state index in [2.05, 4.69) is 10.0 Å². The number of para-hydroxylation sites is 1. The Morgan fingerprint density at radius 1 is 1.04 bits per heavy atom. The van der Waals surface area contributed by atoms with Gasteiger partial charge in [0.05, 0.1) is 22.7 Å². The molecule has 0 bridgehead atoms. The molecule has 134 valence electrons. The third kappa shape index (κ3) is 4.80. The Labute approximate surface area is 142 Å². The molecule has 0 saturated carbocycles. The van der Waals surface area contributed by atoms with E-state index in [1.165, 1.54) is 24.3 Å². The second kappa shape index (κ2) is 7.24. The van der Waals surface area contributed by atoms with Crippen molar-refractivity contribution in [1.29, 1.82) is 0 Å². The summed E-state index contributed by atoms with van der Waals surface area (Å²) >= 11 is 0. The second-order valence-corrected chi connectivity index (χ2v) is 6.92. The first-order chi connectivity index (χ1) is 11.6. The van der Waals surface area contributed by atoms with Crippen molar-refractivity contribution in [3.63, 3.8) is 0 Å². The van der Waals surface area contributed by atoms with Crippen molar-refractivity contribution in [2.24, 2.45) is 0 Å². The quantitative estimate of drug-likeness (QED) is 0.847. The summed E-state index contributed by atoms with van der Waals surface area (Å²) in [7, 11) is -3.95. The van der Waals surface area contributed by atoms with E-state index in [4.69, 9.17) is 0 Å². The number of alkyl halides is 3. The zero-order chi connectivity index (χ0) is 18.7. The Balaban J connectivity index is 2.09. The Hall–Kier alpha value is -2.39. The topological polar surface area (TPSA) is 75.3 Å². The number of hydrogen-bond donors (Lipinski definition) is 2. The molecule has 5 nitrogen and oxygen atoms in total. The van der Waals surface area contributed by atoms with Gasteiger partial charge in [-0.25, -0.2) is 13.1 Å². The first-order valence-electron chi connectivity index (χ1n) is 7.12. The van der Waals surface area contributed by atoms with Crippen LogP contribution in [-0.4, -0.2) is 20.9 Å². The lowest BCUT2D eigenvalue weighted by atomic mass is 10.1. The third-order valence-corrected chi connectivity index (χ3v) is 4.87. The van der Waals surface area contributed by atoms with Gasteiger partial charge in [-0.2, -0.15) is 13.2 Å². The lowest BCUT2D eigenvalue weighted by Crippen LogP contribution is -2.33. The zero-order valence-electron chi connectivity index (χ0n) is 13.1. The van der Waals surface area contributed by atoms with Crippen molar-refractivity contribution in [2.45, 2.75) is 18.0 Å². The molecule has 0 aliphatic carbocycles. The van der Waals surface area contributed by atoms with Gasteiger partial charge in [0.1, 0.15) is 0 Å². The highest BCUT2D eigenvalue weighted by Gasteiger charge is 2.33. The molecule has 0 saturated heterocycles. The molecule has 0 radical (unpaired) electrons. The highest BCUT2D eigenvalue weighted by molar-refractivity contribution is 7.89. The minimum absolute atomic E-state index is 0.00140. The average molecular weight is 372 g/mol. The van der Waals surface area contributed by atoms with Crippen LogP contribution in [0.3, 0.4) is 0 Å². The second-order valence-electron chi connectivity index (χ2n) is 5.18. The van der Waals surface area contributed by atoms with Crippen LogP contribution in [-0.2, 0) is 21.0 Å². The van der Waals surface area contributed by atoms with Crippen LogP contribution in [0.2, 0.25) is 0 Å². The van der Waals surface area contributed by atoms with Gasteiger partial charge in [0, 0.05) is 0 Å². The summed E-state index contributed by atoms with van der Waals surface area (Å²) in [6.07, 6.45) is -4.63. The zero-order valence-corrected chi connectivity index (χ0v) is 13.9. The van der Waals surface area contributed by atoms with Crippen molar-refractivity contribution < 1.29 is 26.4 Å². The van der Waals surface area contributed by atoms with Crippen molar-refractivity contribution in [1.82, 2.24) is 4.72 Å². The number of hydrogen-bond acceptors (Lipinski definition) is 3. The van der Waals surface area contributed by atoms with Crippen LogP contribution in [0.25, 0.3) is 0 Å². The third-order valence-electron chi connectivity index (χ3n) is 3.31. The van der Waals surface area contributed by atoms with Crippen molar-refractivity contribution in [2.75, 3.05) is 11.9 Å². The first kappa shape index (κ1) is 18.9. The van der Waals surface area contributed by atoms with Gasteiger partial charge in [-0.05, 0) is 30.7 Å². The van der Waals surface area contributed by atoms with E-state index in [1.54, 1.807) is 19.1 Å². The van der Waals surface area contributed by atoms with Crippen LogP contribution in [0.15, 0.2) is 53.4 Å². The smallest absolute Gasteiger partial charge is 0.324 e. The SMILES string of the molecule is Cc1ccccc1S(=O)(=O)NCC(=O)Nc1ccccc1C(F)(F)F. The minimum atomic E-state index is -4.63.